The third-order valence-corrected chi connectivity index (χ3v) is 4.60. The van der Waals surface area contributed by atoms with Crippen molar-refractivity contribution in [1.82, 2.24) is 0 Å². The Labute approximate surface area is 128 Å². The van der Waals surface area contributed by atoms with E-state index in [1.807, 2.05) is 24.3 Å². The van der Waals surface area contributed by atoms with E-state index in [0.717, 1.165) is 23.1 Å². The van der Waals surface area contributed by atoms with Gasteiger partial charge in [-0.1, -0.05) is 41.9 Å². The summed E-state index contributed by atoms with van der Waals surface area (Å²) in [6.07, 6.45) is 3.58. The van der Waals surface area contributed by atoms with Gasteiger partial charge in [-0.2, -0.15) is 0 Å². The highest BCUT2D eigenvalue weighted by molar-refractivity contribution is 6.34. The van der Waals surface area contributed by atoms with Gasteiger partial charge in [-0.15, -0.1) is 0 Å². The number of benzene rings is 2. The summed E-state index contributed by atoms with van der Waals surface area (Å²) in [7, 11) is 0. The van der Waals surface area contributed by atoms with Crippen molar-refractivity contribution in [3.8, 4) is 0 Å². The van der Waals surface area contributed by atoms with E-state index in [4.69, 9.17) is 21.8 Å². The van der Waals surface area contributed by atoms with E-state index in [1.54, 1.807) is 0 Å². The molecular weight excluding hydrogens is 282 g/mol. The lowest BCUT2D eigenvalue weighted by atomic mass is 10.00. The molecule has 2 N–H and O–H groups in total. The van der Waals surface area contributed by atoms with Crippen LogP contribution >= 0.6 is 11.6 Å². The number of halogens is 1. The number of rotatable bonds is 2. The van der Waals surface area contributed by atoms with Crippen molar-refractivity contribution >= 4 is 22.6 Å². The molecule has 4 rings (SSSR count). The third kappa shape index (κ3) is 2.15. The molecule has 0 radical (unpaired) electrons. The third-order valence-electron chi connectivity index (χ3n) is 4.30. The zero-order chi connectivity index (χ0) is 14.4. The molecule has 0 saturated heterocycles. The molecule has 1 aromatic heterocycles. The van der Waals surface area contributed by atoms with Gasteiger partial charge in [0.25, 0.3) is 0 Å². The Morgan fingerprint density at radius 1 is 1.05 bits per heavy atom. The van der Waals surface area contributed by atoms with Crippen LogP contribution in [0.25, 0.3) is 11.0 Å². The van der Waals surface area contributed by atoms with Gasteiger partial charge in [-0.25, -0.2) is 0 Å². The van der Waals surface area contributed by atoms with E-state index in [2.05, 4.69) is 18.2 Å². The molecule has 2 nitrogen and oxygen atoms in total. The summed E-state index contributed by atoms with van der Waals surface area (Å²) >= 11 is 6.16. The largest absolute Gasteiger partial charge is 0.457 e. The van der Waals surface area contributed by atoms with E-state index in [0.29, 0.717) is 10.6 Å². The maximum atomic E-state index is 6.39. The molecule has 3 aromatic rings. The maximum Gasteiger partial charge on any atom is 0.152 e. The summed E-state index contributed by atoms with van der Waals surface area (Å²) in [5.74, 6) is 0.760. The van der Waals surface area contributed by atoms with Crippen LogP contribution in [0.1, 0.15) is 34.9 Å². The Hall–Kier alpha value is -1.77. The van der Waals surface area contributed by atoms with Gasteiger partial charge in [0.05, 0.1) is 11.1 Å². The van der Waals surface area contributed by atoms with Crippen LogP contribution in [0, 0.1) is 0 Å². The monoisotopic (exact) mass is 297 g/mol. The van der Waals surface area contributed by atoms with Gasteiger partial charge < -0.3 is 10.2 Å². The number of nitrogens with two attached hydrogens (primary N) is 1. The zero-order valence-corrected chi connectivity index (χ0v) is 12.4. The lowest BCUT2D eigenvalue weighted by molar-refractivity contribution is 0.525. The van der Waals surface area contributed by atoms with Crippen molar-refractivity contribution < 1.29 is 4.42 Å². The minimum absolute atomic E-state index is 0.251. The predicted octanol–water partition coefficient (Wildman–Crippen LogP) is 4.62. The fourth-order valence-electron chi connectivity index (χ4n) is 3.15. The molecule has 2 aromatic carbocycles. The van der Waals surface area contributed by atoms with Crippen LogP contribution in [-0.4, -0.2) is 0 Å². The summed E-state index contributed by atoms with van der Waals surface area (Å²) < 4.78 is 5.88. The molecule has 0 bridgehead atoms. The van der Waals surface area contributed by atoms with Gasteiger partial charge in [0.1, 0.15) is 5.76 Å². The van der Waals surface area contributed by atoms with Crippen LogP contribution in [0.5, 0.6) is 0 Å². The maximum absolute atomic E-state index is 6.39. The van der Waals surface area contributed by atoms with E-state index in [9.17, 15) is 0 Å². The van der Waals surface area contributed by atoms with Crippen LogP contribution in [0.3, 0.4) is 0 Å². The topological polar surface area (TPSA) is 39.2 Å². The average Bonchev–Trinajstić information content (AvgIpc) is 3.12. The summed E-state index contributed by atoms with van der Waals surface area (Å²) in [6, 6.07) is 14.0. The van der Waals surface area contributed by atoms with Crippen LogP contribution < -0.4 is 5.73 Å². The van der Waals surface area contributed by atoms with Crippen LogP contribution in [0.4, 0.5) is 0 Å². The second-order valence-corrected chi connectivity index (χ2v) is 6.07. The number of hydrogen-bond donors (Lipinski definition) is 1. The van der Waals surface area contributed by atoms with E-state index < -0.39 is 0 Å². The lowest BCUT2D eigenvalue weighted by Gasteiger charge is -2.11. The van der Waals surface area contributed by atoms with Gasteiger partial charge in [-0.05, 0) is 48.1 Å². The van der Waals surface area contributed by atoms with Crippen molar-refractivity contribution in [2.45, 2.75) is 25.3 Å². The van der Waals surface area contributed by atoms with Gasteiger partial charge in [0, 0.05) is 5.39 Å². The Morgan fingerprint density at radius 3 is 2.76 bits per heavy atom. The molecule has 1 aliphatic rings. The molecule has 1 heterocycles. The molecule has 3 heteroatoms. The van der Waals surface area contributed by atoms with Crippen molar-refractivity contribution in [3.05, 3.63) is 69.9 Å². The SMILES string of the molecule is NC(c1ccc2c(c1)CCC2)c1cc2cccc(Cl)c2o1. The van der Waals surface area contributed by atoms with Crippen LogP contribution in [-0.2, 0) is 12.8 Å². The van der Waals surface area contributed by atoms with Crippen molar-refractivity contribution in [2.24, 2.45) is 5.73 Å². The molecule has 0 amide bonds. The Bertz CT molecular complexity index is 821. The normalized spacial score (nSPS) is 15.3. The van der Waals surface area contributed by atoms with E-state index in [1.165, 1.54) is 24.0 Å². The highest BCUT2D eigenvalue weighted by atomic mass is 35.5. The summed E-state index contributed by atoms with van der Waals surface area (Å²) in [5, 5.41) is 1.62. The molecule has 21 heavy (non-hydrogen) atoms. The molecule has 0 fully saturated rings. The summed E-state index contributed by atoms with van der Waals surface area (Å²) in [5.41, 5.74) is 11.1. The number of hydrogen-bond acceptors (Lipinski definition) is 2. The second kappa shape index (κ2) is 4.90. The average molecular weight is 298 g/mol. The van der Waals surface area contributed by atoms with Gasteiger partial charge in [0.2, 0.25) is 0 Å². The Balaban J connectivity index is 1.75. The van der Waals surface area contributed by atoms with Gasteiger partial charge in [0.15, 0.2) is 5.58 Å². The molecule has 1 unspecified atom stereocenters. The molecule has 0 spiro atoms. The van der Waals surface area contributed by atoms with Crippen LogP contribution in [0.15, 0.2) is 46.9 Å². The first-order chi connectivity index (χ1) is 10.2. The fourth-order valence-corrected chi connectivity index (χ4v) is 3.37. The summed E-state index contributed by atoms with van der Waals surface area (Å²) in [4.78, 5) is 0. The predicted molar refractivity (Wildman–Crippen MR) is 85.7 cm³/mol. The first kappa shape index (κ1) is 12.9. The minimum atomic E-state index is -0.251. The fraction of sp³-hybridized carbons (Fsp3) is 0.222. The smallest absolute Gasteiger partial charge is 0.152 e. The number of aryl methyl sites for hydroxylation is 2. The van der Waals surface area contributed by atoms with Gasteiger partial charge in [-0.3, -0.25) is 0 Å². The van der Waals surface area contributed by atoms with Crippen molar-refractivity contribution in [3.63, 3.8) is 0 Å². The molecule has 0 saturated carbocycles. The Kier molecular flexibility index (Phi) is 3.02. The standard InChI is InChI=1S/C18H16ClNO/c19-15-6-2-5-14-10-16(21-18(14)15)17(20)13-8-7-11-3-1-4-12(11)9-13/h2,5-10,17H,1,3-4,20H2. The molecular formula is C18H16ClNO. The highest BCUT2D eigenvalue weighted by Gasteiger charge is 2.18. The molecule has 106 valence electrons. The first-order valence-electron chi connectivity index (χ1n) is 7.27. The highest BCUT2D eigenvalue weighted by Crippen LogP contribution is 2.32. The van der Waals surface area contributed by atoms with Crippen LogP contribution in [0.2, 0.25) is 5.02 Å². The number of fused-ring (bicyclic) bond motifs is 2. The molecule has 1 aliphatic carbocycles. The summed E-state index contributed by atoms with van der Waals surface area (Å²) in [6.45, 7) is 0. The zero-order valence-electron chi connectivity index (χ0n) is 11.6. The van der Waals surface area contributed by atoms with E-state index in [-0.39, 0.29) is 6.04 Å². The first-order valence-corrected chi connectivity index (χ1v) is 7.65. The number of furan rings is 1. The quantitative estimate of drug-likeness (QED) is 0.749. The molecule has 0 aliphatic heterocycles. The van der Waals surface area contributed by atoms with E-state index >= 15 is 0 Å². The van der Waals surface area contributed by atoms with Gasteiger partial charge >= 0.3 is 0 Å². The lowest BCUT2D eigenvalue weighted by Crippen LogP contribution is -2.11. The number of para-hydroxylation sites is 1. The Morgan fingerprint density at radius 2 is 1.90 bits per heavy atom. The van der Waals surface area contributed by atoms with Crippen molar-refractivity contribution in [2.75, 3.05) is 0 Å². The van der Waals surface area contributed by atoms with Crippen molar-refractivity contribution in [1.29, 1.82) is 0 Å². The molecule has 1 atom stereocenters. The minimum Gasteiger partial charge on any atom is -0.457 e. The second-order valence-electron chi connectivity index (χ2n) is 5.67.